The summed E-state index contributed by atoms with van der Waals surface area (Å²) in [6, 6.07) is 2.14. The highest BCUT2D eigenvalue weighted by Gasteiger charge is 2.26. The van der Waals surface area contributed by atoms with Crippen LogP contribution in [-0.2, 0) is 0 Å². The highest BCUT2D eigenvalue weighted by atomic mass is 16.5. The maximum atomic E-state index is 5.26. The molecule has 2 atom stereocenters. The molecule has 0 aromatic carbocycles. The third kappa shape index (κ3) is 2.97. The van der Waals surface area contributed by atoms with Crippen LogP contribution in [0.3, 0.4) is 0 Å². The molecule has 0 spiro atoms. The van der Waals surface area contributed by atoms with Crippen molar-refractivity contribution in [3.63, 3.8) is 0 Å². The lowest BCUT2D eigenvalue weighted by molar-refractivity contribution is 0.300. The summed E-state index contributed by atoms with van der Waals surface area (Å²) in [4.78, 5) is 4.28. The first-order valence-corrected chi connectivity index (χ1v) is 6.48. The lowest BCUT2D eigenvalue weighted by Gasteiger charge is -2.31. The Hall–Kier alpha value is -1.09. The lowest BCUT2D eigenvalue weighted by Crippen LogP contribution is -2.27. The van der Waals surface area contributed by atoms with Crippen molar-refractivity contribution in [2.24, 2.45) is 5.92 Å². The van der Waals surface area contributed by atoms with Crippen molar-refractivity contribution in [3.05, 3.63) is 24.0 Å². The summed E-state index contributed by atoms with van der Waals surface area (Å²) in [5.41, 5.74) is 1.34. The van der Waals surface area contributed by atoms with Gasteiger partial charge in [0.15, 0.2) is 0 Å². The zero-order chi connectivity index (χ0) is 12.1. The second-order valence-electron chi connectivity index (χ2n) is 4.87. The summed E-state index contributed by atoms with van der Waals surface area (Å²) >= 11 is 0. The third-order valence-electron chi connectivity index (χ3n) is 3.77. The number of nitrogens with one attached hydrogen (secondary N) is 1. The molecule has 0 bridgehead atoms. The summed E-state index contributed by atoms with van der Waals surface area (Å²) in [6.45, 7) is 1.10. The average Bonchev–Trinajstić information content (AvgIpc) is 2.40. The number of pyridine rings is 1. The topological polar surface area (TPSA) is 34.2 Å². The minimum atomic E-state index is 0.638. The van der Waals surface area contributed by atoms with Gasteiger partial charge in [0, 0.05) is 6.20 Å². The zero-order valence-corrected chi connectivity index (χ0v) is 10.8. The van der Waals surface area contributed by atoms with E-state index in [0.29, 0.717) is 5.92 Å². The van der Waals surface area contributed by atoms with Crippen LogP contribution in [0, 0.1) is 5.92 Å². The van der Waals surface area contributed by atoms with Gasteiger partial charge in [0.2, 0.25) is 0 Å². The number of hydrogen-bond acceptors (Lipinski definition) is 3. The van der Waals surface area contributed by atoms with Crippen molar-refractivity contribution >= 4 is 0 Å². The summed E-state index contributed by atoms with van der Waals surface area (Å²) in [7, 11) is 3.74. The first-order valence-electron chi connectivity index (χ1n) is 6.48. The predicted molar refractivity (Wildman–Crippen MR) is 69.4 cm³/mol. The first-order chi connectivity index (χ1) is 8.35. The molecule has 17 heavy (non-hydrogen) atoms. The van der Waals surface area contributed by atoms with Crippen LogP contribution in [0.4, 0.5) is 0 Å². The molecule has 0 aliphatic heterocycles. The molecule has 2 rings (SSSR count). The van der Waals surface area contributed by atoms with Crippen LogP contribution in [0.25, 0.3) is 0 Å². The molecular formula is C14H22N2O. The van der Waals surface area contributed by atoms with Gasteiger partial charge in [0.05, 0.1) is 13.3 Å². The number of rotatable bonds is 4. The van der Waals surface area contributed by atoms with E-state index < -0.39 is 0 Å². The Labute approximate surface area is 104 Å². The Bertz CT molecular complexity index is 352. The number of nitrogens with zero attached hydrogens (tertiary/aromatic N) is 1. The van der Waals surface area contributed by atoms with Crippen LogP contribution in [-0.4, -0.2) is 25.7 Å². The molecule has 94 valence electrons. The molecule has 3 nitrogen and oxygen atoms in total. The fraction of sp³-hybridized carbons (Fsp3) is 0.643. The minimum Gasteiger partial charge on any atom is -0.495 e. The van der Waals surface area contributed by atoms with Crippen molar-refractivity contribution in [1.29, 1.82) is 0 Å². The van der Waals surface area contributed by atoms with Crippen molar-refractivity contribution in [2.45, 2.75) is 31.6 Å². The Morgan fingerprint density at radius 2 is 2.18 bits per heavy atom. The van der Waals surface area contributed by atoms with E-state index in [0.717, 1.165) is 18.2 Å². The fourth-order valence-electron chi connectivity index (χ4n) is 2.90. The highest BCUT2D eigenvalue weighted by Crippen LogP contribution is 2.37. The monoisotopic (exact) mass is 234 g/mol. The molecule has 1 aliphatic rings. The molecule has 1 N–H and O–H groups in total. The molecule has 0 saturated heterocycles. The first kappa shape index (κ1) is 12.4. The van der Waals surface area contributed by atoms with Crippen LogP contribution >= 0.6 is 0 Å². The zero-order valence-electron chi connectivity index (χ0n) is 10.8. The molecule has 0 radical (unpaired) electrons. The van der Waals surface area contributed by atoms with E-state index >= 15 is 0 Å². The van der Waals surface area contributed by atoms with Gasteiger partial charge in [-0.2, -0.15) is 0 Å². The molecule has 1 fully saturated rings. The van der Waals surface area contributed by atoms with Gasteiger partial charge in [-0.1, -0.05) is 12.8 Å². The Morgan fingerprint density at radius 1 is 1.35 bits per heavy atom. The number of ether oxygens (including phenoxy) is 1. The quantitative estimate of drug-likeness (QED) is 0.869. The van der Waals surface area contributed by atoms with Crippen molar-refractivity contribution in [1.82, 2.24) is 10.3 Å². The van der Waals surface area contributed by atoms with Gasteiger partial charge in [0.25, 0.3) is 0 Å². The third-order valence-corrected chi connectivity index (χ3v) is 3.77. The Morgan fingerprint density at radius 3 is 2.94 bits per heavy atom. The molecule has 3 heteroatoms. The maximum Gasteiger partial charge on any atom is 0.137 e. The molecule has 0 amide bonds. The number of methoxy groups -OCH3 is 1. The maximum absolute atomic E-state index is 5.26. The second-order valence-corrected chi connectivity index (χ2v) is 4.87. The summed E-state index contributed by atoms with van der Waals surface area (Å²) in [5.74, 6) is 2.25. The molecular weight excluding hydrogens is 212 g/mol. The number of hydrogen-bond donors (Lipinski definition) is 1. The molecule has 1 heterocycles. The smallest absolute Gasteiger partial charge is 0.137 e. The SMILES string of the molecule is CNCC1CCCCC1c1cncc(OC)c1. The van der Waals surface area contributed by atoms with Gasteiger partial charge in [-0.15, -0.1) is 0 Å². The van der Waals surface area contributed by atoms with E-state index in [9.17, 15) is 0 Å². The van der Waals surface area contributed by atoms with E-state index in [-0.39, 0.29) is 0 Å². The van der Waals surface area contributed by atoms with Crippen LogP contribution in [0.1, 0.15) is 37.2 Å². The van der Waals surface area contributed by atoms with Crippen LogP contribution in [0.5, 0.6) is 5.75 Å². The van der Waals surface area contributed by atoms with Gasteiger partial charge in [0.1, 0.15) is 5.75 Å². The van der Waals surface area contributed by atoms with Gasteiger partial charge in [-0.05, 0) is 49.9 Å². The summed E-state index contributed by atoms with van der Waals surface area (Å²) in [5, 5.41) is 3.31. The van der Waals surface area contributed by atoms with Gasteiger partial charge in [-0.3, -0.25) is 4.98 Å². The van der Waals surface area contributed by atoms with Crippen molar-refractivity contribution in [2.75, 3.05) is 20.7 Å². The van der Waals surface area contributed by atoms with Gasteiger partial charge >= 0.3 is 0 Å². The Kier molecular flexibility index (Phi) is 4.37. The van der Waals surface area contributed by atoms with Gasteiger partial charge < -0.3 is 10.1 Å². The van der Waals surface area contributed by atoms with Crippen LogP contribution < -0.4 is 10.1 Å². The largest absolute Gasteiger partial charge is 0.495 e. The van der Waals surface area contributed by atoms with E-state index in [1.807, 2.05) is 13.2 Å². The standard InChI is InChI=1S/C14H22N2O/c1-15-8-11-5-3-4-6-14(11)12-7-13(17-2)10-16-9-12/h7,9-11,14-15H,3-6,8H2,1-2H3. The molecule has 1 saturated carbocycles. The van der Waals surface area contributed by atoms with E-state index in [4.69, 9.17) is 4.74 Å². The molecule has 1 aromatic heterocycles. The van der Waals surface area contributed by atoms with E-state index in [1.54, 1.807) is 13.3 Å². The van der Waals surface area contributed by atoms with Crippen LogP contribution in [0.15, 0.2) is 18.5 Å². The van der Waals surface area contributed by atoms with E-state index in [2.05, 4.69) is 16.4 Å². The summed E-state index contributed by atoms with van der Waals surface area (Å²) < 4.78 is 5.26. The van der Waals surface area contributed by atoms with Crippen molar-refractivity contribution in [3.8, 4) is 5.75 Å². The van der Waals surface area contributed by atoms with E-state index in [1.165, 1.54) is 31.2 Å². The lowest BCUT2D eigenvalue weighted by atomic mass is 9.76. The summed E-state index contributed by atoms with van der Waals surface area (Å²) in [6.07, 6.45) is 9.08. The molecule has 1 aromatic rings. The highest BCUT2D eigenvalue weighted by molar-refractivity contribution is 5.27. The normalized spacial score (nSPS) is 24.6. The average molecular weight is 234 g/mol. The predicted octanol–water partition coefficient (Wildman–Crippen LogP) is 2.58. The second kappa shape index (κ2) is 6.01. The van der Waals surface area contributed by atoms with Crippen molar-refractivity contribution < 1.29 is 4.74 Å². The minimum absolute atomic E-state index is 0.638. The van der Waals surface area contributed by atoms with Crippen LogP contribution in [0.2, 0.25) is 0 Å². The Balaban J connectivity index is 2.16. The fourth-order valence-corrected chi connectivity index (χ4v) is 2.90. The molecule has 1 aliphatic carbocycles. The van der Waals surface area contributed by atoms with Gasteiger partial charge in [-0.25, -0.2) is 0 Å². The molecule has 2 unspecified atom stereocenters. The number of aromatic nitrogens is 1.